The highest BCUT2D eigenvalue weighted by Gasteiger charge is 2.43. The number of furan rings is 1. The lowest BCUT2D eigenvalue weighted by atomic mass is 9.95. The van der Waals surface area contributed by atoms with Gasteiger partial charge >= 0.3 is 0 Å². The van der Waals surface area contributed by atoms with E-state index in [-0.39, 0.29) is 6.10 Å². The largest absolute Gasteiger partial charge is 0.469 e. The Hall–Kier alpha value is -1.57. The minimum absolute atomic E-state index is 0.0109. The highest BCUT2D eigenvalue weighted by atomic mass is 16.7. The Bertz CT molecular complexity index is 686. The Balaban J connectivity index is 1.17. The molecule has 1 aromatic rings. The molecule has 5 rings (SSSR count). The molecular formula is C22H33N3O4. The predicted octanol–water partition coefficient (Wildman–Crippen LogP) is 2.47. The second-order valence-electron chi connectivity index (χ2n) is 8.95. The summed E-state index contributed by atoms with van der Waals surface area (Å²) in [5.41, 5.74) is 0. The van der Waals surface area contributed by atoms with Crippen molar-refractivity contribution in [3.05, 3.63) is 24.2 Å². The smallest absolute Gasteiger partial charge is 0.191 e. The molecule has 160 valence electrons. The van der Waals surface area contributed by atoms with Gasteiger partial charge in [0.05, 0.1) is 32.6 Å². The minimum atomic E-state index is -0.441. The second kappa shape index (κ2) is 8.66. The maximum Gasteiger partial charge on any atom is 0.191 e. The molecule has 1 aromatic heterocycles. The summed E-state index contributed by atoms with van der Waals surface area (Å²) in [6.07, 6.45) is 9.61. The van der Waals surface area contributed by atoms with Crippen LogP contribution in [-0.2, 0) is 20.6 Å². The fourth-order valence-corrected chi connectivity index (χ4v) is 5.35. The standard InChI is InChI=1S/C22H33N3O4/c1-2-18(27-9-1)5-8-23-21(25-20-13-16-3-4-17(20)12-16)24-14-19-15-28-22(29-19)6-10-26-11-7-22/h1-2,9,16-17,19-20H,3-8,10-15H2,(H2,23,24,25). The first-order valence-electron chi connectivity index (χ1n) is 11.2. The van der Waals surface area contributed by atoms with Crippen LogP contribution in [0.2, 0.25) is 0 Å². The van der Waals surface area contributed by atoms with E-state index < -0.39 is 5.79 Å². The van der Waals surface area contributed by atoms with E-state index in [0.717, 1.165) is 49.4 Å². The first kappa shape index (κ1) is 19.4. The Labute approximate surface area is 172 Å². The quantitative estimate of drug-likeness (QED) is 0.561. The van der Waals surface area contributed by atoms with Gasteiger partial charge in [0.25, 0.3) is 0 Å². The monoisotopic (exact) mass is 403 g/mol. The van der Waals surface area contributed by atoms with Gasteiger partial charge in [-0.3, -0.25) is 4.99 Å². The number of rotatable bonds is 6. The maximum absolute atomic E-state index is 6.24. The van der Waals surface area contributed by atoms with Crippen LogP contribution in [0.1, 0.15) is 44.3 Å². The molecule has 7 heteroatoms. The van der Waals surface area contributed by atoms with Gasteiger partial charge in [-0.15, -0.1) is 0 Å². The third-order valence-corrected chi connectivity index (χ3v) is 6.93. The maximum atomic E-state index is 6.24. The van der Waals surface area contributed by atoms with Crippen molar-refractivity contribution in [2.24, 2.45) is 16.8 Å². The van der Waals surface area contributed by atoms with Gasteiger partial charge in [-0.05, 0) is 43.2 Å². The predicted molar refractivity (Wildman–Crippen MR) is 109 cm³/mol. The molecule has 2 aliphatic carbocycles. The number of ether oxygens (including phenoxy) is 3. The molecule has 29 heavy (non-hydrogen) atoms. The molecule has 7 nitrogen and oxygen atoms in total. The van der Waals surface area contributed by atoms with Crippen LogP contribution in [0.3, 0.4) is 0 Å². The fraction of sp³-hybridized carbons (Fsp3) is 0.773. The van der Waals surface area contributed by atoms with Crippen LogP contribution < -0.4 is 10.6 Å². The van der Waals surface area contributed by atoms with Gasteiger partial charge < -0.3 is 29.3 Å². The van der Waals surface area contributed by atoms with Crippen LogP contribution >= 0.6 is 0 Å². The van der Waals surface area contributed by atoms with Crippen molar-refractivity contribution in [3.8, 4) is 0 Å². The molecule has 2 saturated carbocycles. The highest BCUT2D eigenvalue weighted by Crippen LogP contribution is 2.44. The molecule has 2 saturated heterocycles. The van der Waals surface area contributed by atoms with E-state index in [0.29, 0.717) is 32.4 Å². The molecule has 0 radical (unpaired) electrons. The molecule has 4 fully saturated rings. The normalized spacial score (nSPS) is 33.4. The number of nitrogens with zero attached hydrogens (tertiary/aromatic N) is 1. The van der Waals surface area contributed by atoms with Crippen molar-refractivity contribution in [2.45, 2.75) is 62.9 Å². The minimum Gasteiger partial charge on any atom is -0.469 e. The Morgan fingerprint density at radius 3 is 2.90 bits per heavy atom. The fourth-order valence-electron chi connectivity index (χ4n) is 5.35. The van der Waals surface area contributed by atoms with Crippen molar-refractivity contribution in [1.82, 2.24) is 10.6 Å². The zero-order valence-corrected chi connectivity index (χ0v) is 17.1. The number of guanidine groups is 1. The molecule has 3 heterocycles. The van der Waals surface area contributed by atoms with Crippen molar-refractivity contribution in [2.75, 3.05) is 32.9 Å². The Morgan fingerprint density at radius 2 is 2.14 bits per heavy atom. The Morgan fingerprint density at radius 1 is 1.21 bits per heavy atom. The lowest BCUT2D eigenvalue weighted by Gasteiger charge is -2.31. The molecule has 4 unspecified atom stereocenters. The summed E-state index contributed by atoms with van der Waals surface area (Å²) in [5, 5.41) is 7.22. The molecule has 1 spiro atoms. The van der Waals surface area contributed by atoms with E-state index in [2.05, 4.69) is 10.6 Å². The number of aliphatic imine (C=N–C) groups is 1. The molecule has 2 aliphatic heterocycles. The molecule has 4 aliphatic rings. The molecule has 4 atom stereocenters. The molecule has 0 amide bonds. The summed E-state index contributed by atoms with van der Waals surface area (Å²) in [4.78, 5) is 4.88. The third-order valence-electron chi connectivity index (χ3n) is 6.93. The van der Waals surface area contributed by atoms with Gasteiger partial charge in [0.2, 0.25) is 0 Å². The number of fused-ring (bicyclic) bond motifs is 2. The van der Waals surface area contributed by atoms with Gasteiger partial charge in [0, 0.05) is 31.8 Å². The van der Waals surface area contributed by atoms with Gasteiger partial charge in [-0.25, -0.2) is 0 Å². The highest BCUT2D eigenvalue weighted by molar-refractivity contribution is 5.80. The van der Waals surface area contributed by atoms with Crippen LogP contribution in [-0.4, -0.2) is 56.8 Å². The SMILES string of the molecule is c1coc(CCNC(=NCC2COC3(CCOCC3)O2)NC2CC3CCC2C3)c1. The van der Waals surface area contributed by atoms with Crippen molar-refractivity contribution in [3.63, 3.8) is 0 Å². The van der Waals surface area contributed by atoms with Crippen LogP contribution in [0.5, 0.6) is 0 Å². The topological polar surface area (TPSA) is 77.3 Å². The van der Waals surface area contributed by atoms with E-state index in [1.807, 2.05) is 12.1 Å². The number of hydrogen-bond donors (Lipinski definition) is 2. The van der Waals surface area contributed by atoms with Crippen LogP contribution in [0.25, 0.3) is 0 Å². The zero-order chi connectivity index (χ0) is 19.5. The van der Waals surface area contributed by atoms with Crippen molar-refractivity contribution in [1.29, 1.82) is 0 Å². The van der Waals surface area contributed by atoms with Crippen LogP contribution in [0.15, 0.2) is 27.8 Å². The Kier molecular flexibility index (Phi) is 5.79. The van der Waals surface area contributed by atoms with Gasteiger partial charge in [-0.2, -0.15) is 0 Å². The lowest BCUT2D eigenvalue weighted by molar-refractivity contribution is -0.210. The van der Waals surface area contributed by atoms with E-state index in [1.165, 1.54) is 25.7 Å². The molecular weight excluding hydrogens is 370 g/mol. The van der Waals surface area contributed by atoms with Crippen molar-refractivity contribution < 1.29 is 18.6 Å². The first-order chi connectivity index (χ1) is 14.3. The van der Waals surface area contributed by atoms with Gasteiger partial charge in [-0.1, -0.05) is 6.42 Å². The molecule has 2 N–H and O–H groups in total. The lowest BCUT2D eigenvalue weighted by Crippen LogP contribution is -2.46. The third kappa shape index (κ3) is 4.62. The van der Waals surface area contributed by atoms with Crippen LogP contribution in [0, 0.1) is 11.8 Å². The van der Waals surface area contributed by atoms with Gasteiger partial charge in [0.15, 0.2) is 11.7 Å². The molecule has 2 bridgehead atoms. The van der Waals surface area contributed by atoms with E-state index in [1.54, 1.807) is 6.26 Å². The summed E-state index contributed by atoms with van der Waals surface area (Å²) < 4.78 is 23.1. The summed E-state index contributed by atoms with van der Waals surface area (Å²) in [6.45, 7) is 3.43. The number of nitrogens with one attached hydrogen (secondary N) is 2. The average Bonchev–Trinajstić information content (AvgIpc) is 3.53. The summed E-state index contributed by atoms with van der Waals surface area (Å²) in [6, 6.07) is 4.49. The average molecular weight is 404 g/mol. The zero-order valence-electron chi connectivity index (χ0n) is 17.1. The van der Waals surface area contributed by atoms with E-state index in [9.17, 15) is 0 Å². The summed E-state index contributed by atoms with van der Waals surface area (Å²) in [5.74, 6) is 3.15. The first-order valence-corrected chi connectivity index (χ1v) is 11.2. The van der Waals surface area contributed by atoms with E-state index >= 15 is 0 Å². The van der Waals surface area contributed by atoms with E-state index in [4.69, 9.17) is 23.6 Å². The van der Waals surface area contributed by atoms with Crippen molar-refractivity contribution >= 4 is 5.96 Å². The second-order valence-corrected chi connectivity index (χ2v) is 8.95. The van der Waals surface area contributed by atoms with Crippen LogP contribution in [0.4, 0.5) is 0 Å². The summed E-state index contributed by atoms with van der Waals surface area (Å²) in [7, 11) is 0. The molecule has 0 aromatic carbocycles. The summed E-state index contributed by atoms with van der Waals surface area (Å²) >= 11 is 0. The number of hydrogen-bond acceptors (Lipinski definition) is 5. The van der Waals surface area contributed by atoms with Gasteiger partial charge in [0.1, 0.15) is 11.9 Å².